The number of aromatic nitrogens is 2. The molecule has 0 spiro atoms. The number of aryl methyl sites for hydroxylation is 1. The number of nitrogens with zero attached hydrogens (tertiary/aromatic N) is 2. The topological polar surface area (TPSA) is 34.9 Å². The molecule has 1 aliphatic rings. The molecule has 1 aliphatic carbocycles. The number of Topliss-reactive ketones (excluding diaryl/α,β-unsaturated/α-hetero) is 1. The number of hydrogen-bond donors (Lipinski definition) is 0. The molecule has 2 atom stereocenters. The van der Waals surface area contributed by atoms with Crippen LogP contribution in [0.4, 0.5) is 0 Å². The maximum absolute atomic E-state index is 13.2. The van der Waals surface area contributed by atoms with E-state index < -0.39 is 0 Å². The van der Waals surface area contributed by atoms with Gasteiger partial charge in [0.1, 0.15) is 0 Å². The van der Waals surface area contributed by atoms with Gasteiger partial charge in [-0.3, -0.25) is 4.79 Å². The summed E-state index contributed by atoms with van der Waals surface area (Å²) in [4.78, 5) is 17.6. The van der Waals surface area contributed by atoms with Gasteiger partial charge in [0.15, 0.2) is 5.82 Å². The van der Waals surface area contributed by atoms with Gasteiger partial charge in [0.25, 0.3) is 0 Å². The largest absolute Gasteiger partial charge is 0.332 e. The molecule has 0 bridgehead atoms. The van der Waals surface area contributed by atoms with Crippen LogP contribution < -0.4 is 0 Å². The lowest BCUT2D eigenvalue weighted by atomic mass is 9.76. The number of ketones is 1. The lowest BCUT2D eigenvalue weighted by Crippen LogP contribution is -2.30. The normalized spacial score (nSPS) is 16.8. The summed E-state index contributed by atoms with van der Waals surface area (Å²) >= 11 is 0. The van der Waals surface area contributed by atoms with Gasteiger partial charge < -0.3 is 4.57 Å². The molecule has 1 unspecified atom stereocenters. The number of carbonyl (C=O) groups is 1. The molecule has 2 rings (SSSR count). The molecule has 0 saturated carbocycles. The second-order valence-corrected chi connectivity index (χ2v) is 7.16. The summed E-state index contributed by atoms with van der Waals surface area (Å²) < 4.78 is 1.84. The molecule has 25 heavy (non-hydrogen) atoms. The van der Waals surface area contributed by atoms with Gasteiger partial charge in [0.05, 0.1) is 0 Å². The van der Waals surface area contributed by atoms with Crippen LogP contribution in [0.3, 0.4) is 0 Å². The minimum absolute atomic E-state index is 0.0559. The fourth-order valence-corrected chi connectivity index (χ4v) is 3.63. The molecule has 0 saturated heterocycles. The van der Waals surface area contributed by atoms with E-state index in [2.05, 4.69) is 43.1 Å². The van der Waals surface area contributed by atoms with Crippen LogP contribution in [0.25, 0.3) is 0 Å². The molecular weight excluding hydrogens is 308 g/mol. The van der Waals surface area contributed by atoms with Crippen molar-refractivity contribution in [3.05, 3.63) is 54.7 Å². The molecule has 1 aromatic heterocycles. The van der Waals surface area contributed by atoms with E-state index in [1.807, 2.05) is 30.0 Å². The van der Waals surface area contributed by atoms with Crippen LogP contribution in [0.5, 0.6) is 0 Å². The third kappa shape index (κ3) is 5.55. The maximum Gasteiger partial charge on any atom is 0.202 e. The van der Waals surface area contributed by atoms with Crippen LogP contribution >= 0.6 is 0 Å². The van der Waals surface area contributed by atoms with E-state index in [1.54, 1.807) is 6.20 Å². The van der Waals surface area contributed by atoms with Crippen LogP contribution in [0.1, 0.15) is 63.0 Å². The van der Waals surface area contributed by atoms with E-state index in [0.717, 1.165) is 6.42 Å². The summed E-state index contributed by atoms with van der Waals surface area (Å²) in [6.45, 7) is 4.47. The van der Waals surface area contributed by atoms with Crippen LogP contribution in [0.2, 0.25) is 0 Å². The molecule has 0 amide bonds. The van der Waals surface area contributed by atoms with Crippen LogP contribution in [0.15, 0.2) is 48.8 Å². The van der Waals surface area contributed by atoms with Crippen LogP contribution in [0, 0.1) is 17.8 Å². The molecule has 1 heterocycles. The number of allylic oxidation sites excluding steroid dienone is 6. The first-order chi connectivity index (χ1) is 12.1. The smallest absolute Gasteiger partial charge is 0.202 e. The monoisotopic (exact) mass is 340 g/mol. The van der Waals surface area contributed by atoms with E-state index in [9.17, 15) is 4.79 Å². The first-order valence-corrected chi connectivity index (χ1v) is 9.68. The second-order valence-electron chi connectivity index (χ2n) is 7.16. The van der Waals surface area contributed by atoms with Gasteiger partial charge in [0.2, 0.25) is 5.78 Å². The summed E-state index contributed by atoms with van der Waals surface area (Å²) in [7, 11) is 1.90. The van der Waals surface area contributed by atoms with Gasteiger partial charge in [0, 0.05) is 31.3 Å². The van der Waals surface area contributed by atoms with Crippen molar-refractivity contribution in [2.24, 2.45) is 24.8 Å². The zero-order chi connectivity index (χ0) is 18.1. The Hall–Kier alpha value is -1.90. The summed E-state index contributed by atoms with van der Waals surface area (Å²) in [6.07, 6.45) is 23.4. The Morgan fingerprint density at radius 2 is 1.80 bits per heavy atom. The van der Waals surface area contributed by atoms with E-state index in [1.165, 1.54) is 32.1 Å². The predicted molar refractivity (Wildman–Crippen MR) is 104 cm³/mol. The Morgan fingerprint density at radius 1 is 1.12 bits per heavy atom. The highest BCUT2D eigenvalue weighted by molar-refractivity contribution is 5.95. The summed E-state index contributed by atoms with van der Waals surface area (Å²) in [5.74, 6) is 1.14. The molecule has 3 heteroatoms. The first kappa shape index (κ1) is 19.4. The van der Waals surface area contributed by atoms with Gasteiger partial charge in [-0.15, -0.1) is 0 Å². The van der Waals surface area contributed by atoms with Crippen molar-refractivity contribution < 1.29 is 4.79 Å². The molecule has 0 radical (unpaired) electrons. The second kappa shape index (κ2) is 10.2. The molecule has 1 aromatic rings. The SMILES string of the molecule is CCCCCCC[C@@H](C)C(C(=O)c1nccn1C)C1C=CC=CC=C1. The number of rotatable bonds is 10. The third-order valence-electron chi connectivity index (χ3n) is 5.14. The van der Waals surface area contributed by atoms with Crippen LogP contribution in [-0.4, -0.2) is 15.3 Å². The van der Waals surface area contributed by atoms with Crippen molar-refractivity contribution in [2.75, 3.05) is 0 Å². The molecule has 0 fully saturated rings. The molecule has 0 aromatic carbocycles. The van der Waals surface area contributed by atoms with Gasteiger partial charge in [-0.2, -0.15) is 0 Å². The zero-order valence-corrected chi connectivity index (χ0v) is 15.9. The van der Waals surface area contributed by atoms with Gasteiger partial charge in [-0.05, 0) is 12.3 Å². The zero-order valence-electron chi connectivity index (χ0n) is 15.9. The van der Waals surface area contributed by atoms with Crippen molar-refractivity contribution in [3.8, 4) is 0 Å². The number of imidazole rings is 1. The molecule has 3 nitrogen and oxygen atoms in total. The summed E-state index contributed by atoms with van der Waals surface area (Å²) in [6, 6.07) is 0. The summed E-state index contributed by atoms with van der Waals surface area (Å²) in [5, 5.41) is 0. The predicted octanol–water partition coefficient (Wildman–Crippen LogP) is 5.51. The number of hydrogen-bond acceptors (Lipinski definition) is 2. The Bertz CT molecular complexity index is 608. The molecule has 136 valence electrons. The van der Waals surface area contributed by atoms with Crippen molar-refractivity contribution in [3.63, 3.8) is 0 Å². The third-order valence-corrected chi connectivity index (χ3v) is 5.14. The van der Waals surface area contributed by atoms with E-state index in [0.29, 0.717) is 11.7 Å². The van der Waals surface area contributed by atoms with Crippen molar-refractivity contribution >= 4 is 5.78 Å². The highest BCUT2D eigenvalue weighted by atomic mass is 16.1. The lowest BCUT2D eigenvalue weighted by molar-refractivity contribution is 0.0833. The van der Waals surface area contributed by atoms with E-state index in [4.69, 9.17) is 0 Å². The number of unbranched alkanes of at least 4 members (excludes halogenated alkanes) is 4. The standard InChI is InChI=1S/C22H32N2O/c1-4-5-6-7-10-13-18(2)20(19-14-11-8-9-12-15-19)21(25)22-23-16-17-24(22)3/h8-9,11-12,14-20H,4-7,10,13H2,1-3H3/t18-,20?/m1/s1. The molecule has 0 aliphatic heterocycles. The first-order valence-electron chi connectivity index (χ1n) is 9.68. The van der Waals surface area contributed by atoms with E-state index in [-0.39, 0.29) is 17.6 Å². The van der Waals surface area contributed by atoms with Crippen molar-refractivity contribution in [1.29, 1.82) is 0 Å². The van der Waals surface area contributed by atoms with E-state index >= 15 is 0 Å². The highest BCUT2D eigenvalue weighted by Crippen LogP contribution is 2.31. The van der Waals surface area contributed by atoms with Gasteiger partial charge in [-0.25, -0.2) is 4.98 Å². The lowest BCUT2D eigenvalue weighted by Gasteiger charge is -2.27. The average molecular weight is 341 g/mol. The van der Waals surface area contributed by atoms with Gasteiger partial charge in [-0.1, -0.05) is 82.4 Å². The van der Waals surface area contributed by atoms with Gasteiger partial charge >= 0.3 is 0 Å². The Kier molecular flexibility index (Phi) is 7.90. The van der Waals surface area contributed by atoms with Crippen molar-refractivity contribution in [2.45, 2.75) is 52.4 Å². The Labute approximate surface area is 152 Å². The Morgan fingerprint density at radius 3 is 2.40 bits per heavy atom. The quantitative estimate of drug-likeness (QED) is 0.415. The minimum atomic E-state index is -0.0559. The fourth-order valence-electron chi connectivity index (χ4n) is 3.63. The fraction of sp³-hybridized carbons (Fsp3) is 0.545. The summed E-state index contributed by atoms with van der Waals surface area (Å²) in [5.41, 5.74) is 0. The highest BCUT2D eigenvalue weighted by Gasteiger charge is 2.32. The molecular formula is C22H32N2O. The average Bonchev–Trinajstić information content (AvgIpc) is 2.86. The van der Waals surface area contributed by atoms with Crippen molar-refractivity contribution in [1.82, 2.24) is 9.55 Å². The minimum Gasteiger partial charge on any atom is -0.332 e. The Balaban J connectivity index is 2.11. The number of carbonyl (C=O) groups excluding carboxylic acids is 1. The maximum atomic E-state index is 13.2. The molecule has 0 N–H and O–H groups in total. The van der Waals surface area contributed by atoms with Crippen LogP contribution in [-0.2, 0) is 7.05 Å².